The van der Waals surface area contributed by atoms with Gasteiger partial charge in [0.1, 0.15) is 10.8 Å². The van der Waals surface area contributed by atoms with E-state index in [1.807, 2.05) is 12.1 Å². The largest absolute Gasteiger partial charge is 0.353 e. The first-order valence-electron chi connectivity index (χ1n) is 7.60. The smallest absolute Gasteiger partial charge is 0.290 e. The number of anilines is 1. The van der Waals surface area contributed by atoms with Crippen LogP contribution >= 0.6 is 27.7 Å². The molecule has 0 bridgehead atoms. The second-order valence-electron chi connectivity index (χ2n) is 5.35. The molecule has 1 amide bonds. The Morgan fingerprint density at radius 2 is 1.92 bits per heavy atom. The maximum absolute atomic E-state index is 12.7. The number of pyridine rings is 2. The molecular formula is C16H15BrF2N4OS. The molecule has 1 aliphatic heterocycles. The molecule has 132 valence electrons. The summed E-state index contributed by atoms with van der Waals surface area (Å²) < 4.78 is 26.2. The third-order valence-electron chi connectivity index (χ3n) is 3.80. The quantitative estimate of drug-likeness (QED) is 0.697. The average Bonchev–Trinajstić information content (AvgIpc) is 2.62. The molecule has 1 fully saturated rings. The lowest BCUT2D eigenvalue weighted by Crippen LogP contribution is -2.49. The zero-order valence-corrected chi connectivity index (χ0v) is 15.5. The third kappa shape index (κ3) is 4.46. The fourth-order valence-corrected chi connectivity index (χ4v) is 3.40. The Morgan fingerprint density at radius 3 is 2.56 bits per heavy atom. The Hall–Kier alpha value is -1.74. The lowest BCUT2D eigenvalue weighted by Gasteiger charge is -2.35. The van der Waals surface area contributed by atoms with E-state index in [0.29, 0.717) is 37.9 Å². The van der Waals surface area contributed by atoms with Gasteiger partial charge in [0.15, 0.2) is 0 Å². The Labute approximate surface area is 156 Å². The molecule has 0 aliphatic carbocycles. The van der Waals surface area contributed by atoms with Gasteiger partial charge in [0.25, 0.3) is 11.7 Å². The topological polar surface area (TPSA) is 49.3 Å². The fraction of sp³-hybridized carbons (Fsp3) is 0.312. The standard InChI is InChI=1S/C16H15BrF2N4OS/c17-11-3-4-13(21-10-11)22-6-8-23(9-7-22)15(24)12-2-1-5-20-14(12)25-16(18)19/h1-5,10,16H,6-9H2. The highest BCUT2D eigenvalue weighted by Gasteiger charge is 2.25. The number of aromatic nitrogens is 2. The van der Waals surface area contributed by atoms with Crippen LogP contribution in [0.2, 0.25) is 0 Å². The predicted molar refractivity (Wildman–Crippen MR) is 96.2 cm³/mol. The molecule has 5 nitrogen and oxygen atoms in total. The van der Waals surface area contributed by atoms with Gasteiger partial charge in [0, 0.05) is 43.0 Å². The molecule has 0 N–H and O–H groups in total. The first-order valence-corrected chi connectivity index (χ1v) is 9.27. The summed E-state index contributed by atoms with van der Waals surface area (Å²) in [6.45, 7) is 2.28. The normalized spacial score (nSPS) is 14.9. The van der Waals surface area contributed by atoms with Crippen LogP contribution in [0.3, 0.4) is 0 Å². The summed E-state index contributed by atoms with van der Waals surface area (Å²) in [6.07, 6.45) is 3.15. The van der Waals surface area contributed by atoms with Gasteiger partial charge in [-0.1, -0.05) is 0 Å². The molecule has 2 aromatic rings. The van der Waals surface area contributed by atoms with Crippen LogP contribution in [0.15, 0.2) is 46.2 Å². The Balaban J connectivity index is 1.67. The second kappa shape index (κ2) is 8.09. The molecule has 0 saturated carbocycles. The SMILES string of the molecule is O=C(c1cccnc1SC(F)F)N1CCN(c2ccc(Br)cn2)CC1. The van der Waals surface area contributed by atoms with Crippen molar-refractivity contribution in [3.05, 3.63) is 46.7 Å². The number of carbonyl (C=O) groups excluding carboxylic acids is 1. The fourth-order valence-electron chi connectivity index (χ4n) is 2.60. The molecule has 0 atom stereocenters. The predicted octanol–water partition coefficient (Wildman–Crippen LogP) is 3.52. The number of piperazine rings is 1. The summed E-state index contributed by atoms with van der Waals surface area (Å²) in [5.74, 6) is -2.02. The van der Waals surface area contributed by atoms with E-state index in [1.54, 1.807) is 23.2 Å². The first-order chi connectivity index (χ1) is 12.0. The number of hydrogen-bond acceptors (Lipinski definition) is 5. The Bertz CT molecular complexity index is 739. The number of nitrogens with zero attached hydrogens (tertiary/aromatic N) is 4. The third-order valence-corrected chi connectivity index (χ3v) is 5.00. The van der Waals surface area contributed by atoms with Crippen molar-refractivity contribution in [3.8, 4) is 0 Å². The zero-order chi connectivity index (χ0) is 17.8. The van der Waals surface area contributed by atoms with E-state index in [0.717, 1.165) is 10.3 Å². The van der Waals surface area contributed by atoms with Crippen LogP contribution in [0.5, 0.6) is 0 Å². The van der Waals surface area contributed by atoms with Crippen molar-refractivity contribution in [1.29, 1.82) is 0 Å². The van der Waals surface area contributed by atoms with Gasteiger partial charge in [-0.3, -0.25) is 4.79 Å². The monoisotopic (exact) mass is 428 g/mol. The van der Waals surface area contributed by atoms with Crippen LogP contribution in [0, 0.1) is 0 Å². The molecule has 1 saturated heterocycles. The van der Waals surface area contributed by atoms with Gasteiger partial charge in [-0.15, -0.1) is 0 Å². The van der Waals surface area contributed by atoms with Crippen molar-refractivity contribution in [2.24, 2.45) is 0 Å². The Kier molecular flexibility index (Phi) is 5.85. The van der Waals surface area contributed by atoms with Crippen LogP contribution in [-0.2, 0) is 0 Å². The number of hydrogen-bond donors (Lipinski definition) is 0. The Morgan fingerprint density at radius 1 is 1.16 bits per heavy atom. The van der Waals surface area contributed by atoms with Gasteiger partial charge >= 0.3 is 0 Å². The average molecular weight is 429 g/mol. The highest BCUT2D eigenvalue weighted by atomic mass is 79.9. The van der Waals surface area contributed by atoms with Crippen molar-refractivity contribution < 1.29 is 13.6 Å². The molecule has 0 unspecified atom stereocenters. The van der Waals surface area contributed by atoms with E-state index in [4.69, 9.17) is 0 Å². The van der Waals surface area contributed by atoms with Crippen molar-refractivity contribution in [2.45, 2.75) is 10.8 Å². The van der Waals surface area contributed by atoms with Crippen molar-refractivity contribution >= 4 is 39.4 Å². The lowest BCUT2D eigenvalue weighted by atomic mass is 10.2. The summed E-state index contributed by atoms with van der Waals surface area (Å²) in [4.78, 5) is 24.7. The van der Waals surface area contributed by atoms with Crippen molar-refractivity contribution in [1.82, 2.24) is 14.9 Å². The lowest BCUT2D eigenvalue weighted by molar-refractivity contribution is 0.0742. The number of alkyl halides is 2. The van der Waals surface area contributed by atoms with E-state index in [9.17, 15) is 13.6 Å². The van der Waals surface area contributed by atoms with Gasteiger partial charge in [-0.25, -0.2) is 9.97 Å². The highest BCUT2D eigenvalue weighted by Crippen LogP contribution is 2.27. The van der Waals surface area contributed by atoms with Gasteiger partial charge in [-0.05, 0) is 52.0 Å². The zero-order valence-electron chi connectivity index (χ0n) is 13.1. The van der Waals surface area contributed by atoms with Crippen molar-refractivity contribution in [2.75, 3.05) is 31.1 Å². The number of halogens is 3. The summed E-state index contributed by atoms with van der Waals surface area (Å²) >= 11 is 3.65. The molecule has 3 rings (SSSR count). The van der Waals surface area contributed by atoms with Crippen LogP contribution in [0.4, 0.5) is 14.6 Å². The molecular weight excluding hydrogens is 414 g/mol. The molecule has 2 aromatic heterocycles. The van der Waals surface area contributed by atoms with Gasteiger partial charge in [-0.2, -0.15) is 8.78 Å². The molecule has 0 spiro atoms. The minimum Gasteiger partial charge on any atom is -0.353 e. The first kappa shape index (κ1) is 18.1. The number of amides is 1. The van der Waals surface area contributed by atoms with E-state index >= 15 is 0 Å². The van der Waals surface area contributed by atoms with Crippen LogP contribution in [0.1, 0.15) is 10.4 Å². The molecule has 0 aromatic carbocycles. The van der Waals surface area contributed by atoms with Crippen molar-refractivity contribution in [3.63, 3.8) is 0 Å². The number of thioether (sulfide) groups is 1. The molecule has 1 aliphatic rings. The minimum atomic E-state index is -2.61. The molecule has 3 heterocycles. The van der Waals surface area contributed by atoms with Crippen LogP contribution < -0.4 is 4.90 Å². The van der Waals surface area contributed by atoms with Crippen LogP contribution in [-0.4, -0.2) is 52.7 Å². The van der Waals surface area contributed by atoms with E-state index in [1.165, 1.54) is 6.20 Å². The van der Waals surface area contributed by atoms with Gasteiger partial charge in [0.2, 0.25) is 0 Å². The maximum Gasteiger partial charge on any atom is 0.290 e. The summed E-state index contributed by atoms with van der Waals surface area (Å²) in [5.41, 5.74) is 0.225. The van der Waals surface area contributed by atoms with E-state index < -0.39 is 5.76 Å². The van der Waals surface area contributed by atoms with E-state index in [-0.39, 0.29) is 16.5 Å². The summed E-state index contributed by atoms with van der Waals surface area (Å²) in [5, 5.41) is 0.0690. The summed E-state index contributed by atoms with van der Waals surface area (Å²) in [7, 11) is 0. The van der Waals surface area contributed by atoms with Gasteiger partial charge < -0.3 is 9.80 Å². The molecule has 0 radical (unpaired) electrons. The minimum absolute atomic E-state index is 0.0690. The molecule has 9 heteroatoms. The number of carbonyl (C=O) groups is 1. The second-order valence-corrected chi connectivity index (χ2v) is 7.24. The van der Waals surface area contributed by atoms with E-state index in [2.05, 4.69) is 30.8 Å². The van der Waals surface area contributed by atoms with Crippen LogP contribution in [0.25, 0.3) is 0 Å². The van der Waals surface area contributed by atoms with Gasteiger partial charge in [0.05, 0.1) is 5.56 Å². The highest BCUT2D eigenvalue weighted by molar-refractivity contribution is 9.10. The summed E-state index contributed by atoms with van der Waals surface area (Å²) in [6, 6.07) is 6.97. The number of rotatable bonds is 4. The maximum atomic E-state index is 12.7. The molecule has 25 heavy (non-hydrogen) atoms.